The van der Waals surface area contributed by atoms with Crippen LogP contribution in [0.1, 0.15) is 13.8 Å². The lowest BCUT2D eigenvalue weighted by Crippen LogP contribution is -2.36. The monoisotopic (exact) mass is 276 g/mol. The fraction of sp³-hybridized carbons (Fsp3) is 0.417. The zero-order valence-electron chi connectivity index (χ0n) is 10.5. The molecule has 0 aliphatic carbocycles. The SMILES string of the molecule is CC(C)Oc1ccc(NC(=O)NCC(F)(F)F)cc1. The third-order valence-corrected chi connectivity index (χ3v) is 1.93. The van der Waals surface area contributed by atoms with E-state index in [9.17, 15) is 18.0 Å². The Kier molecular flexibility index (Phi) is 5.02. The third-order valence-electron chi connectivity index (χ3n) is 1.93. The maximum atomic E-state index is 11.9. The van der Waals surface area contributed by atoms with E-state index in [-0.39, 0.29) is 6.10 Å². The molecule has 0 fully saturated rings. The molecule has 0 saturated carbocycles. The van der Waals surface area contributed by atoms with Crippen LogP contribution in [-0.2, 0) is 0 Å². The van der Waals surface area contributed by atoms with Crippen molar-refractivity contribution in [2.24, 2.45) is 0 Å². The molecule has 0 radical (unpaired) electrons. The Bertz CT molecular complexity index is 416. The molecular weight excluding hydrogens is 261 g/mol. The van der Waals surface area contributed by atoms with Crippen molar-refractivity contribution in [1.82, 2.24) is 5.32 Å². The number of alkyl halides is 3. The first-order valence-corrected chi connectivity index (χ1v) is 5.64. The number of nitrogens with one attached hydrogen (secondary N) is 2. The van der Waals surface area contributed by atoms with Gasteiger partial charge in [-0.25, -0.2) is 4.79 Å². The second-order valence-corrected chi connectivity index (χ2v) is 4.11. The zero-order valence-corrected chi connectivity index (χ0v) is 10.5. The molecule has 0 saturated heterocycles. The number of hydrogen-bond acceptors (Lipinski definition) is 2. The van der Waals surface area contributed by atoms with E-state index in [1.807, 2.05) is 13.8 Å². The summed E-state index contributed by atoms with van der Waals surface area (Å²) in [6, 6.07) is 5.43. The Hall–Kier alpha value is -1.92. The molecule has 2 N–H and O–H groups in total. The van der Waals surface area contributed by atoms with Crippen LogP contribution in [0, 0.1) is 0 Å². The maximum absolute atomic E-state index is 11.9. The van der Waals surface area contributed by atoms with Gasteiger partial charge in [0.2, 0.25) is 0 Å². The molecule has 106 valence electrons. The first kappa shape index (κ1) is 15.1. The summed E-state index contributed by atoms with van der Waals surface area (Å²) in [5.74, 6) is 0.622. The minimum atomic E-state index is -4.42. The number of urea groups is 1. The van der Waals surface area contributed by atoms with Gasteiger partial charge in [0.25, 0.3) is 0 Å². The molecule has 4 nitrogen and oxygen atoms in total. The number of carbonyl (C=O) groups is 1. The van der Waals surface area contributed by atoms with Gasteiger partial charge in [-0.1, -0.05) is 0 Å². The molecule has 1 rings (SSSR count). The molecule has 0 unspecified atom stereocenters. The minimum Gasteiger partial charge on any atom is -0.491 e. The lowest BCUT2D eigenvalue weighted by Gasteiger charge is -2.11. The minimum absolute atomic E-state index is 0.0221. The van der Waals surface area contributed by atoms with E-state index >= 15 is 0 Å². The summed E-state index contributed by atoms with van der Waals surface area (Å²) < 4.78 is 41.0. The van der Waals surface area contributed by atoms with Crippen LogP contribution in [0.5, 0.6) is 5.75 Å². The lowest BCUT2D eigenvalue weighted by molar-refractivity contribution is -0.122. The van der Waals surface area contributed by atoms with Gasteiger partial charge in [-0.2, -0.15) is 13.2 Å². The summed E-state index contributed by atoms with van der Waals surface area (Å²) in [5, 5.41) is 4.00. The molecular formula is C12H15F3N2O2. The second-order valence-electron chi connectivity index (χ2n) is 4.11. The van der Waals surface area contributed by atoms with Crippen molar-refractivity contribution in [1.29, 1.82) is 0 Å². The molecule has 1 aromatic carbocycles. The van der Waals surface area contributed by atoms with Crippen LogP contribution in [-0.4, -0.2) is 24.9 Å². The number of rotatable bonds is 4. The van der Waals surface area contributed by atoms with Crippen molar-refractivity contribution in [3.05, 3.63) is 24.3 Å². The largest absolute Gasteiger partial charge is 0.491 e. The number of amides is 2. The van der Waals surface area contributed by atoms with Gasteiger partial charge < -0.3 is 15.4 Å². The molecule has 0 aliphatic rings. The van der Waals surface area contributed by atoms with Crippen LogP contribution in [0.4, 0.5) is 23.7 Å². The number of carbonyl (C=O) groups excluding carboxylic acids is 1. The average molecular weight is 276 g/mol. The van der Waals surface area contributed by atoms with Crippen molar-refractivity contribution >= 4 is 11.7 Å². The molecule has 0 heterocycles. The number of ether oxygens (including phenoxy) is 1. The van der Waals surface area contributed by atoms with Gasteiger partial charge in [-0.05, 0) is 38.1 Å². The van der Waals surface area contributed by atoms with Gasteiger partial charge in [-0.3, -0.25) is 0 Å². The molecule has 0 aromatic heterocycles. The lowest BCUT2D eigenvalue weighted by atomic mass is 10.3. The topological polar surface area (TPSA) is 50.4 Å². The Morgan fingerprint density at radius 2 is 1.84 bits per heavy atom. The van der Waals surface area contributed by atoms with Crippen molar-refractivity contribution in [3.8, 4) is 5.75 Å². The summed E-state index contributed by atoms with van der Waals surface area (Å²) in [7, 11) is 0. The zero-order chi connectivity index (χ0) is 14.5. The van der Waals surface area contributed by atoms with Crippen LogP contribution in [0.25, 0.3) is 0 Å². The van der Waals surface area contributed by atoms with E-state index in [4.69, 9.17) is 4.74 Å². The van der Waals surface area contributed by atoms with E-state index in [0.29, 0.717) is 11.4 Å². The highest BCUT2D eigenvalue weighted by atomic mass is 19.4. The van der Waals surface area contributed by atoms with Crippen LogP contribution in [0.3, 0.4) is 0 Å². The Morgan fingerprint density at radius 1 is 1.26 bits per heavy atom. The molecule has 2 amide bonds. The van der Waals surface area contributed by atoms with Crippen LogP contribution < -0.4 is 15.4 Å². The van der Waals surface area contributed by atoms with Crippen molar-refractivity contribution in [2.75, 3.05) is 11.9 Å². The van der Waals surface area contributed by atoms with E-state index in [1.54, 1.807) is 29.6 Å². The molecule has 0 bridgehead atoms. The first-order chi connectivity index (χ1) is 8.76. The number of halogens is 3. The van der Waals surface area contributed by atoms with Gasteiger partial charge in [0.1, 0.15) is 12.3 Å². The number of hydrogen-bond donors (Lipinski definition) is 2. The van der Waals surface area contributed by atoms with Crippen molar-refractivity contribution < 1.29 is 22.7 Å². The van der Waals surface area contributed by atoms with E-state index in [0.717, 1.165) is 0 Å². The summed E-state index contributed by atoms with van der Waals surface area (Å²) in [4.78, 5) is 11.2. The fourth-order valence-corrected chi connectivity index (χ4v) is 1.24. The second kappa shape index (κ2) is 6.31. The van der Waals surface area contributed by atoms with Crippen LogP contribution >= 0.6 is 0 Å². The highest BCUT2D eigenvalue weighted by molar-refractivity contribution is 5.89. The highest BCUT2D eigenvalue weighted by Crippen LogP contribution is 2.17. The quantitative estimate of drug-likeness (QED) is 0.887. The highest BCUT2D eigenvalue weighted by Gasteiger charge is 2.27. The Morgan fingerprint density at radius 3 is 2.32 bits per heavy atom. The van der Waals surface area contributed by atoms with Gasteiger partial charge in [0.05, 0.1) is 6.10 Å². The van der Waals surface area contributed by atoms with Gasteiger partial charge in [0.15, 0.2) is 0 Å². The summed E-state index contributed by atoms with van der Waals surface area (Å²) in [6.45, 7) is 2.38. The molecule has 0 aliphatic heterocycles. The fourth-order valence-electron chi connectivity index (χ4n) is 1.24. The smallest absolute Gasteiger partial charge is 0.405 e. The van der Waals surface area contributed by atoms with E-state index in [2.05, 4.69) is 5.32 Å². The van der Waals surface area contributed by atoms with Crippen molar-refractivity contribution in [2.45, 2.75) is 26.1 Å². The molecule has 0 spiro atoms. The van der Waals surface area contributed by atoms with Crippen LogP contribution in [0.15, 0.2) is 24.3 Å². The summed E-state index contributed by atoms with van der Waals surface area (Å²) >= 11 is 0. The summed E-state index contributed by atoms with van der Waals surface area (Å²) in [5.41, 5.74) is 0.385. The molecule has 1 aromatic rings. The summed E-state index contributed by atoms with van der Waals surface area (Å²) in [6.07, 6.45) is -4.40. The Balaban J connectivity index is 2.47. The standard InChI is InChI=1S/C12H15F3N2O2/c1-8(2)19-10-5-3-9(4-6-10)17-11(18)16-7-12(13,14)15/h3-6,8H,7H2,1-2H3,(H2,16,17,18). The number of benzene rings is 1. The maximum Gasteiger partial charge on any atom is 0.405 e. The predicted octanol–water partition coefficient (Wildman–Crippen LogP) is 3.16. The number of anilines is 1. The molecule has 7 heteroatoms. The third kappa shape index (κ3) is 6.54. The van der Waals surface area contributed by atoms with Crippen molar-refractivity contribution in [3.63, 3.8) is 0 Å². The normalized spacial score (nSPS) is 11.3. The van der Waals surface area contributed by atoms with Gasteiger partial charge >= 0.3 is 12.2 Å². The molecule has 0 atom stereocenters. The van der Waals surface area contributed by atoms with E-state index in [1.165, 1.54) is 0 Å². The average Bonchev–Trinajstić information content (AvgIpc) is 2.28. The predicted molar refractivity (Wildman–Crippen MR) is 65.3 cm³/mol. The Labute approximate surface area is 108 Å². The van der Waals surface area contributed by atoms with Gasteiger partial charge in [-0.15, -0.1) is 0 Å². The van der Waals surface area contributed by atoms with Crippen LogP contribution in [0.2, 0.25) is 0 Å². The molecule has 19 heavy (non-hydrogen) atoms. The first-order valence-electron chi connectivity index (χ1n) is 5.64. The van der Waals surface area contributed by atoms with Gasteiger partial charge in [0, 0.05) is 5.69 Å². The van der Waals surface area contributed by atoms with E-state index < -0.39 is 18.8 Å².